The molecule has 1 fully saturated rings. The predicted molar refractivity (Wildman–Crippen MR) is 154 cm³/mol. The van der Waals surface area contributed by atoms with Crippen LogP contribution in [-0.2, 0) is 16.4 Å². The smallest absolute Gasteiger partial charge is 0.240 e. The van der Waals surface area contributed by atoms with Crippen molar-refractivity contribution in [1.82, 2.24) is 14.7 Å². The van der Waals surface area contributed by atoms with Gasteiger partial charge in [0.25, 0.3) is 0 Å². The number of hydrogen-bond acceptors (Lipinski definition) is 6. The molecule has 0 spiro atoms. The van der Waals surface area contributed by atoms with E-state index < -0.39 is 10.0 Å². The Bertz CT molecular complexity index is 1470. The van der Waals surface area contributed by atoms with Gasteiger partial charge in [-0.05, 0) is 85.9 Å². The van der Waals surface area contributed by atoms with Crippen LogP contribution in [0.2, 0.25) is 0 Å². The van der Waals surface area contributed by atoms with Gasteiger partial charge in [-0.15, -0.1) is 0 Å². The lowest BCUT2D eigenvalue weighted by Gasteiger charge is -2.28. The van der Waals surface area contributed by atoms with Crippen LogP contribution in [0.4, 0.5) is 16.2 Å². The number of halogens is 1. The molecule has 5 rings (SSSR count). The first-order chi connectivity index (χ1) is 19.0. The van der Waals surface area contributed by atoms with Gasteiger partial charge in [-0.2, -0.15) is 4.98 Å². The number of aromatic nitrogens is 2. The van der Waals surface area contributed by atoms with Crippen LogP contribution in [0.3, 0.4) is 0 Å². The fourth-order valence-corrected chi connectivity index (χ4v) is 6.19. The van der Waals surface area contributed by atoms with Crippen molar-refractivity contribution in [3.05, 3.63) is 90.2 Å². The van der Waals surface area contributed by atoms with Gasteiger partial charge < -0.3 is 10.6 Å². The number of para-hydroxylation sites is 1. The van der Waals surface area contributed by atoms with Crippen LogP contribution in [0.15, 0.2) is 83.8 Å². The first-order valence-electron chi connectivity index (χ1n) is 13.5. The molecule has 39 heavy (non-hydrogen) atoms. The summed E-state index contributed by atoms with van der Waals surface area (Å²) >= 11 is 0. The Morgan fingerprint density at radius 3 is 2.18 bits per heavy atom. The summed E-state index contributed by atoms with van der Waals surface area (Å²) in [7, 11) is -3.47. The zero-order chi connectivity index (χ0) is 27.1. The minimum atomic E-state index is -3.47. The van der Waals surface area contributed by atoms with Crippen LogP contribution in [0, 0.1) is 17.7 Å². The van der Waals surface area contributed by atoms with Gasteiger partial charge >= 0.3 is 0 Å². The molecule has 0 aliphatic heterocycles. The first kappa shape index (κ1) is 27.0. The van der Waals surface area contributed by atoms with Crippen molar-refractivity contribution in [3.63, 3.8) is 0 Å². The molecule has 1 aromatic heterocycles. The van der Waals surface area contributed by atoms with E-state index in [-0.39, 0.29) is 5.82 Å². The second-order valence-corrected chi connectivity index (χ2v) is 11.9. The average Bonchev–Trinajstić information content (AvgIpc) is 2.97. The van der Waals surface area contributed by atoms with Crippen molar-refractivity contribution in [2.45, 2.75) is 37.0 Å². The van der Waals surface area contributed by atoms with E-state index in [4.69, 9.17) is 9.97 Å². The molecule has 3 aromatic carbocycles. The van der Waals surface area contributed by atoms with Crippen molar-refractivity contribution in [2.75, 3.05) is 30.3 Å². The number of nitrogens with one attached hydrogen (secondary N) is 3. The van der Waals surface area contributed by atoms with E-state index in [0.717, 1.165) is 60.9 Å². The van der Waals surface area contributed by atoms with Crippen molar-refractivity contribution >= 4 is 32.7 Å². The normalized spacial score (nSPS) is 17.7. The number of fused-ring (bicyclic) bond motifs is 1. The standard InChI is InChI=1S/C30H34FN5O2S/c31-25-16-14-22(15-17-25)18-19-32-29-27-8-4-5-9-28(27)35-30(36-29)33-20-23-10-12-24(13-11-23)21-34-39(37,38)26-6-2-1-3-7-26/h1-9,14-17,23-24,34H,10-13,18-21H2,(H2,32,33,35,36). The van der Waals surface area contributed by atoms with Gasteiger partial charge in [-0.3, -0.25) is 0 Å². The Hall–Kier alpha value is -3.56. The summed E-state index contributed by atoms with van der Waals surface area (Å²) in [5.74, 6) is 1.96. The van der Waals surface area contributed by atoms with Crippen LogP contribution in [0.5, 0.6) is 0 Å². The lowest BCUT2D eigenvalue weighted by Crippen LogP contribution is -2.32. The highest BCUT2D eigenvalue weighted by Crippen LogP contribution is 2.29. The molecule has 0 saturated heterocycles. The number of benzene rings is 3. The quantitative estimate of drug-likeness (QED) is 0.226. The third-order valence-electron chi connectivity index (χ3n) is 7.35. The largest absolute Gasteiger partial charge is 0.369 e. The SMILES string of the molecule is O=S(=O)(NCC1CCC(CNc2nc(NCCc3ccc(F)cc3)c3ccccc3n2)CC1)c1ccccc1. The molecule has 0 atom stereocenters. The van der Waals surface area contributed by atoms with Gasteiger partial charge in [0.2, 0.25) is 16.0 Å². The van der Waals surface area contributed by atoms with Crippen molar-refractivity contribution in [2.24, 2.45) is 11.8 Å². The number of hydrogen-bond donors (Lipinski definition) is 3. The highest BCUT2D eigenvalue weighted by atomic mass is 32.2. The van der Waals surface area contributed by atoms with Crippen LogP contribution < -0.4 is 15.4 Å². The summed E-state index contributed by atoms with van der Waals surface area (Å²) in [5.41, 5.74) is 1.93. The van der Waals surface area contributed by atoms with E-state index in [2.05, 4.69) is 15.4 Å². The summed E-state index contributed by atoms with van der Waals surface area (Å²) in [5, 5.41) is 7.83. The van der Waals surface area contributed by atoms with E-state index in [1.807, 2.05) is 30.3 Å². The maximum Gasteiger partial charge on any atom is 0.240 e. The van der Waals surface area contributed by atoms with Crippen molar-refractivity contribution in [1.29, 1.82) is 0 Å². The fourth-order valence-electron chi connectivity index (χ4n) is 5.05. The van der Waals surface area contributed by atoms with Gasteiger partial charge in [0.1, 0.15) is 11.6 Å². The Morgan fingerprint density at radius 2 is 1.44 bits per heavy atom. The summed E-state index contributed by atoms with van der Waals surface area (Å²) in [4.78, 5) is 9.78. The molecule has 1 aliphatic rings. The number of rotatable bonds is 11. The Morgan fingerprint density at radius 1 is 0.769 bits per heavy atom. The van der Waals surface area contributed by atoms with E-state index in [1.165, 1.54) is 12.1 Å². The lowest BCUT2D eigenvalue weighted by atomic mass is 9.82. The number of sulfonamides is 1. The van der Waals surface area contributed by atoms with Gasteiger partial charge in [0.15, 0.2) is 0 Å². The van der Waals surface area contributed by atoms with Gasteiger partial charge in [0.05, 0.1) is 10.4 Å². The van der Waals surface area contributed by atoms with Gasteiger partial charge in [0, 0.05) is 25.0 Å². The Balaban J connectivity index is 1.13. The molecule has 9 heteroatoms. The van der Waals surface area contributed by atoms with Gasteiger partial charge in [-0.25, -0.2) is 22.5 Å². The summed E-state index contributed by atoms with van der Waals surface area (Å²) in [6.07, 6.45) is 4.78. The van der Waals surface area contributed by atoms with E-state index in [0.29, 0.717) is 35.8 Å². The maximum absolute atomic E-state index is 13.2. The van der Waals surface area contributed by atoms with E-state index in [9.17, 15) is 12.8 Å². The topological polar surface area (TPSA) is 96.0 Å². The molecule has 7 nitrogen and oxygen atoms in total. The van der Waals surface area contributed by atoms with Crippen LogP contribution >= 0.6 is 0 Å². The predicted octanol–water partition coefficient (Wildman–Crippen LogP) is 5.62. The van der Waals surface area contributed by atoms with Crippen molar-refractivity contribution in [3.8, 4) is 0 Å². The highest BCUT2D eigenvalue weighted by Gasteiger charge is 2.23. The van der Waals surface area contributed by atoms with E-state index in [1.54, 1.807) is 36.4 Å². The zero-order valence-electron chi connectivity index (χ0n) is 21.8. The monoisotopic (exact) mass is 547 g/mol. The average molecular weight is 548 g/mol. The number of nitrogens with zero attached hydrogens (tertiary/aromatic N) is 2. The molecular formula is C30H34FN5O2S. The summed E-state index contributed by atoms with van der Waals surface area (Å²) < 4.78 is 41.0. The summed E-state index contributed by atoms with van der Waals surface area (Å²) in [6.45, 7) is 1.91. The van der Waals surface area contributed by atoms with E-state index >= 15 is 0 Å². The Kier molecular flexibility index (Phi) is 8.68. The minimum absolute atomic E-state index is 0.231. The molecular weight excluding hydrogens is 513 g/mol. The number of anilines is 2. The third kappa shape index (κ3) is 7.30. The van der Waals surface area contributed by atoms with Crippen molar-refractivity contribution < 1.29 is 12.8 Å². The lowest BCUT2D eigenvalue weighted by molar-refractivity contribution is 0.284. The molecule has 4 aromatic rings. The van der Waals surface area contributed by atoms with Crippen LogP contribution in [0.25, 0.3) is 10.9 Å². The third-order valence-corrected chi connectivity index (χ3v) is 8.79. The second-order valence-electron chi connectivity index (χ2n) is 10.1. The van der Waals surface area contributed by atoms with Gasteiger partial charge in [-0.1, -0.05) is 42.5 Å². The maximum atomic E-state index is 13.2. The molecule has 0 radical (unpaired) electrons. The first-order valence-corrected chi connectivity index (χ1v) is 15.0. The Labute approximate surface area is 229 Å². The fraction of sp³-hybridized carbons (Fsp3) is 0.333. The van der Waals surface area contributed by atoms with Crippen LogP contribution in [0.1, 0.15) is 31.2 Å². The molecule has 204 valence electrons. The molecule has 0 amide bonds. The molecule has 0 unspecified atom stereocenters. The zero-order valence-corrected chi connectivity index (χ0v) is 22.6. The molecule has 1 saturated carbocycles. The molecule has 1 aliphatic carbocycles. The second kappa shape index (κ2) is 12.5. The van der Waals surface area contributed by atoms with Crippen LogP contribution in [-0.4, -0.2) is 38.0 Å². The minimum Gasteiger partial charge on any atom is -0.369 e. The molecule has 3 N–H and O–H groups in total. The summed E-state index contributed by atoms with van der Waals surface area (Å²) in [6, 6.07) is 23.0. The molecule has 0 bridgehead atoms. The highest BCUT2D eigenvalue weighted by molar-refractivity contribution is 7.89. The molecule has 1 heterocycles.